The fourth-order valence-electron chi connectivity index (χ4n) is 4.81. The molecule has 0 unspecified atom stereocenters. The number of pyridine rings is 1. The van der Waals surface area contributed by atoms with E-state index < -0.39 is 5.56 Å². The van der Waals surface area contributed by atoms with Crippen molar-refractivity contribution in [2.24, 2.45) is 5.92 Å². The maximum Gasteiger partial charge on any atom is 0.294 e. The monoisotopic (exact) mass is 566 g/mol. The number of hydrogen-bond acceptors (Lipinski definition) is 5. The van der Waals surface area contributed by atoms with Crippen LogP contribution >= 0.6 is 0 Å². The fourth-order valence-corrected chi connectivity index (χ4v) is 4.81. The molecule has 2 N–H and O–H groups in total. The standard InChI is InChI=1S/C32H31FN6O3/c1-5-19(2)30(40)37-29-32(42)39(28(16-36-29)22-7-6-8-23(12-22)31(41)34-4)18-21-11-25(15-35-14-21)38-17-20(3)26-13-24(33)9-10-27(26)38/h6-17,19H,5,18H2,1-4H3,(H,34,41)(H,36,37,40)/t19-/m1/s1. The lowest BCUT2D eigenvalue weighted by atomic mass is 10.1. The second-order valence-electron chi connectivity index (χ2n) is 10.2. The lowest BCUT2D eigenvalue weighted by Gasteiger charge is -2.16. The average Bonchev–Trinajstić information content (AvgIpc) is 3.33. The molecule has 42 heavy (non-hydrogen) atoms. The van der Waals surface area contributed by atoms with Crippen LogP contribution < -0.4 is 16.2 Å². The van der Waals surface area contributed by atoms with E-state index in [1.165, 1.54) is 22.9 Å². The molecule has 5 aromatic rings. The third-order valence-corrected chi connectivity index (χ3v) is 7.37. The fraction of sp³-hybridized carbons (Fsp3) is 0.219. The number of fused-ring (bicyclic) bond motifs is 1. The molecule has 3 heterocycles. The molecule has 5 rings (SSSR count). The average molecular weight is 567 g/mol. The van der Waals surface area contributed by atoms with Gasteiger partial charge in [0.05, 0.1) is 35.8 Å². The molecule has 1 atom stereocenters. The van der Waals surface area contributed by atoms with Crippen LogP contribution in [0.4, 0.5) is 10.2 Å². The molecule has 9 nitrogen and oxygen atoms in total. The van der Waals surface area contributed by atoms with Gasteiger partial charge in [-0.25, -0.2) is 9.37 Å². The largest absolute Gasteiger partial charge is 0.355 e. The van der Waals surface area contributed by atoms with Crippen LogP contribution in [0.25, 0.3) is 27.8 Å². The zero-order valence-corrected chi connectivity index (χ0v) is 23.8. The van der Waals surface area contributed by atoms with Gasteiger partial charge in [-0.2, -0.15) is 0 Å². The van der Waals surface area contributed by atoms with Crippen LogP contribution in [-0.4, -0.2) is 38.0 Å². The Morgan fingerprint density at radius 2 is 1.88 bits per heavy atom. The Hall–Kier alpha value is -5.12. The molecule has 10 heteroatoms. The van der Waals surface area contributed by atoms with Gasteiger partial charge in [-0.05, 0) is 60.9 Å². The van der Waals surface area contributed by atoms with Crippen molar-refractivity contribution >= 4 is 28.5 Å². The van der Waals surface area contributed by atoms with E-state index in [1.54, 1.807) is 56.7 Å². The van der Waals surface area contributed by atoms with Gasteiger partial charge >= 0.3 is 0 Å². The highest BCUT2D eigenvalue weighted by molar-refractivity contribution is 5.95. The highest BCUT2D eigenvalue weighted by Crippen LogP contribution is 2.26. The molecule has 0 aliphatic carbocycles. The predicted octanol–water partition coefficient (Wildman–Crippen LogP) is 5.09. The number of halogens is 1. The number of rotatable bonds is 8. The first-order valence-electron chi connectivity index (χ1n) is 13.6. The van der Waals surface area contributed by atoms with Crippen LogP contribution in [0.15, 0.2) is 78.1 Å². The van der Waals surface area contributed by atoms with E-state index in [4.69, 9.17) is 0 Å². The zero-order chi connectivity index (χ0) is 30.0. The third kappa shape index (κ3) is 5.56. The normalized spacial score (nSPS) is 11.8. The Labute approximate surface area is 242 Å². The molecule has 0 spiro atoms. The number of benzene rings is 2. The van der Waals surface area contributed by atoms with Crippen LogP contribution in [0, 0.1) is 18.7 Å². The van der Waals surface area contributed by atoms with Gasteiger partial charge in [0, 0.05) is 41.9 Å². The summed E-state index contributed by atoms with van der Waals surface area (Å²) in [5, 5.41) is 6.08. The molecule has 0 bridgehead atoms. The van der Waals surface area contributed by atoms with Crippen LogP contribution in [0.3, 0.4) is 0 Å². The van der Waals surface area contributed by atoms with Gasteiger partial charge < -0.3 is 15.2 Å². The maximum absolute atomic E-state index is 13.9. The molecule has 214 valence electrons. The molecule has 0 aliphatic heterocycles. The summed E-state index contributed by atoms with van der Waals surface area (Å²) in [5.74, 6) is -1.24. The maximum atomic E-state index is 13.9. The Morgan fingerprint density at radius 1 is 1.07 bits per heavy atom. The molecule has 2 amide bonds. The number of aromatic nitrogens is 4. The van der Waals surface area contributed by atoms with Gasteiger partial charge in [-0.15, -0.1) is 0 Å². The molecule has 0 saturated carbocycles. The van der Waals surface area contributed by atoms with Crippen LogP contribution in [0.1, 0.15) is 41.8 Å². The summed E-state index contributed by atoms with van der Waals surface area (Å²) >= 11 is 0. The Kier molecular flexibility index (Phi) is 7.97. The first kappa shape index (κ1) is 28.4. The number of carbonyl (C=O) groups is 2. The van der Waals surface area contributed by atoms with Crippen LogP contribution in [0.2, 0.25) is 0 Å². The number of anilines is 1. The van der Waals surface area contributed by atoms with Gasteiger partial charge in [0.15, 0.2) is 5.82 Å². The van der Waals surface area contributed by atoms with Crippen LogP contribution in [0.5, 0.6) is 0 Å². The minimum atomic E-state index is -0.488. The van der Waals surface area contributed by atoms with Crippen molar-refractivity contribution in [2.45, 2.75) is 33.7 Å². The van der Waals surface area contributed by atoms with E-state index in [0.29, 0.717) is 28.8 Å². The predicted molar refractivity (Wildman–Crippen MR) is 160 cm³/mol. The zero-order valence-electron chi connectivity index (χ0n) is 23.8. The summed E-state index contributed by atoms with van der Waals surface area (Å²) in [6.45, 7) is 5.70. The van der Waals surface area contributed by atoms with Gasteiger partial charge in [0.25, 0.3) is 11.5 Å². The number of hydrogen-bond donors (Lipinski definition) is 2. The minimum Gasteiger partial charge on any atom is -0.355 e. The van der Waals surface area contributed by atoms with E-state index in [2.05, 4.69) is 20.6 Å². The molecule has 0 fully saturated rings. The highest BCUT2D eigenvalue weighted by atomic mass is 19.1. The van der Waals surface area contributed by atoms with Crippen molar-refractivity contribution in [1.29, 1.82) is 0 Å². The van der Waals surface area contributed by atoms with Crippen molar-refractivity contribution in [3.63, 3.8) is 0 Å². The lowest BCUT2D eigenvalue weighted by Crippen LogP contribution is -2.30. The minimum absolute atomic E-state index is 0.0790. The highest BCUT2D eigenvalue weighted by Gasteiger charge is 2.18. The van der Waals surface area contributed by atoms with E-state index in [1.807, 2.05) is 30.7 Å². The third-order valence-electron chi connectivity index (χ3n) is 7.37. The smallest absolute Gasteiger partial charge is 0.294 e. The topological polar surface area (TPSA) is 111 Å². The number of nitrogens with one attached hydrogen (secondary N) is 2. The van der Waals surface area contributed by atoms with E-state index in [0.717, 1.165) is 22.2 Å². The number of nitrogens with zero attached hydrogens (tertiary/aromatic N) is 4. The van der Waals surface area contributed by atoms with Gasteiger partial charge in [-0.1, -0.05) is 26.0 Å². The summed E-state index contributed by atoms with van der Waals surface area (Å²) in [4.78, 5) is 47.5. The van der Waals surface area contributed by atoms with Crippen molar-refractivity contribution in [1.82, 2.24) is 24.4 Å². The van der Waals surface area contributed by atoms with Crippen molar-refractivity contribution < 1.29 is 14.0 Å². The summed E-state index contributed by atoms with van der Waals surface area (Å²) in [6.07, 6.45) is 7.42. The van der Waals surface area contributed by atoms with Crippen molar-refractivity contribution in [2.75, 3.05) is 12.4 Å². The van der Waals surface area contributed by atoms with E-state index >= 15 is 0 Å². The van der Waals surface area contributed by atoms with Gasteiger partial charge in [0.2, 0.25) is 5.91 Å². The lowest BCUT2D eigenvalue weighted by molar-refractivity contribution is -0.119. The first-order valence-corrected chi connectivity index (χ1v) is 13.6. The molecule has 0 aliphatic rings. The van der Waals surface area contributed by atoms with Crippen molar-refractivity contribution in [3.05, 3.63) is 106 Å². The summed E-state index contributed by atoms with van der Waals surface area (Å²) in [5.41, 5.74) is 4.22. The number of amides is 2. The second-order valence-corrected chi connectivity index (χ2v) is 10.2. The first-order chi connectivity index (χ1) is 20.2. The quantitative estimate of drug-likeness (QED) is 0.272. The van der Waals surface area contributed by atoms with E-state index in [9.17, 15) is 18.8 Å². The Morgan fingerprint density at radius 3 is 2.64 bits per heavy atom. The van der Waals surface area contributed by atoms with E-state index in [-0.39, 0.29) is 35.9 Å². The van der Waals surface area contributed by atoms with Crippen molar-refractivity contribution in [3.8, 4) is 16.9 Å². The molecular weight excluding hydrogens is 535 g/mol. The van der Waals surface area contributed by atoms with Crippen LogP contribution in [-0.2, 0) is 11.3 Å². The summed E-state index contributed by atoms with van der Waals surface area (Å²) in [6, 6.07) is 13.4. The molecule has 0 radical (unpaired) electrons. The Bertz CT molecular complexity index is 1880. The van der Waals surface area contributed by atoms with Gasteiger partial charge in [-0.3, -0.25) is 23.9 Å². The second kappa shape index (κ2) is 11.8. The Balaban J connectivity index is 1.60. The molecule has 0 saturated heterocycles. The number of aryl methyl sites for hydroxylation is 1. The molecular formula is C32H31FN6O3. The van der Waals surface area contributed by atoms with Gasteiger partial charge in [0.1, 0.15) is 5.82 Å². The summed E-state index contributed by atoms with van der Waals surface area (Å²) < 4.78 is 17.4. The number of carbonyl (C=O) groups excluding carboxylic acids is 2. The molecule has 2 aromatic carbocycles. The summed E-state index contributed by atoms with van der Waals surface area (Å²) in [7, 11) is 1.55. The molecule has 3 aromatic heterocycles. The SMILES string of the molecule is CC[C@@H](C)C(=O)Nc1ncc(-c2cccc(C(=O)NC)c2)n(Cc2cncc(-n3cc(C)c4cc(F)ccc43)c2)c1=O.